The van der Waals surface area contributed by atoms with Gasteiger partial charge in [-0.3, -0.25) is 0 Å². The number of alkyl halides is 3. The van der Waals surface area contributed by atoms with Crippen molar-refractivity contribution in [2.75, 3.05) is 0 Å². The number of hydrogen-bond acceptors (Lipinski definition) is 5. The molecule has 0 fully saturated rings. The minimum atomic E-state index is -5.46. The number of halogens is 7. The smallest absolute Gasteiger partial charge is 0.405 e. The second kappa shape index (κ2) is 11.8. The Balaban J connectivity index is 2.18. The Hall–Kier alpha value is -6.87. The van der Waals surface area contributed by atoms with E-state index in [0.717, 1.165) is 12.1 Å². The minimum absolute atomic E-state index is 0.0281. The van der Waals surface area contributed by atoms with E-state index >= 15 is 17.6 Å². The predicted octanol–water partition coefficient (Wildman–Crippen LogP) is 6.64. The Morgan fingerprint density at radius 1 is 0.729 bits per heavy atom. The molecule has 0 bridgehead atoms. The van der Waals surface area contributed by atoms with Gasteiger partial charge in [0, 0.05) is 17.2 Å². The van der Waals surface area contributed by atoms with Gasteiger partial charge in [0.15, 0.2) is 0 Å². The summed E-state index contributed by atoms with van der Waals surface area (Å²) in [4.78, 5) is 6.43. The second-order valence-electron chi connectivity index (χ2n) is 10.3. The van der Waals surface area contributed by atoms with Gasteiger partial charge in [-0.1, -0.05) is 0 Å². The summed E-state index contributed by atoms with van der Waals surface area (Å²) in [5.74, 6) is -7.06. The highest BCUT2D eigenvalue weighted by atomic mass is 19.4. The lowest BCUT2D eigenvalue weighted by atomic mass is 9.86. The molecule has 232 valence electrons. The number of rotatable bonds is 3. The van der Waals surface area contributed by atoms with Crippen molar-refractivity contribution >= 4 is 11.3 Å². The highest BCUT2D eigenvalue weighted by Crippen LogP contribution is 2.41. The highest BCUT2D eigenvalue weighted by molar-refractivity contribution is 5.91. The Kier molecular flexibility index (Phi) is 8.00. The molecule has 48 heavy (non-hydrogen) atoms. The molecule has 0 heterocycles. The van der Waals surface area contributed by atoms with Gasteiger partial charge in [-0.05, 0) is 81.8 Å². The van der Waals surface area contributed by atoms with Crippen molar-refractivity contribution in [2.45, 2.75) is 26.1 Å². The number of nitriles is 4. The van der Waals surface area contributed by atoms with E-state index in [-0.39, 0.29) is 44.2 Å². The molecule has 0 N–H and O–H groups in total. The maximum absolute atomic E-state index is 15.1. The van der Waals surface area contributed by atoms with Crippen molar-refractivity contribution in [1.29, 1.82) is 21.0 Å². The first-order valence-corrected chi connectivity index (χ1v) is 13.2. The molecule has 0 aliphatic heterocycles. The van der Waals surface area contributed by atoms with Gasteiger partial charge >= 0.3 is 12.2 Å². The molecule has 0 saturated heterocycles. The van der Waals surface area contributed by atoms with Gasteiger partial charge in [-0.25, -0.2) is 17.6 Å². The number of nitrogens with zero attached hydrogens (tertiary/aromatic N) is 6. The fourth-order valence-corrected chi connectivity index (χ4v) is 6.02. The van der Waals surface area contributed by atoms with E-state index in [1.165, 1.54) is 31.2 Å². The molecule has 0 saturated carbocycles. The van der Waals surface area contributed by atoms with E-state index in [2.05, 4.69) is 14.4 Å². The predicted molar refractivity (Wildman–Crippen MR) is 151 cm³/mol. The molecule has 2 aliphatic rings. The zero-order valence-corrected chi connectivity index (χ0v) is 24.0. The SMILES string of the molecule is [C-]#[N+]C([N+]#[C-])=C1Cc2c(-c3cc(F)c(C#N)c(F)c3)c3c(c(-c4cc(F)c(C#N)c(F)c4)c2=C1C)CC(=C(C#N)C#N)C=3OC(F)(F)F. The van der Waals surface area contributed by atoms with Gasteiger partial charge < -0.3 is 4.74 Å². The lowest BCUT2D eigenvalue weighted by molar-refractivity contribution is -0.290. The van der Waals surface area contributed by atoms with Crippen molar-refractivity contribution in [3.8, 4) is 46.5 Å². The van der Waals surface area contributed by atoms with Gasteiger partial charge in [0.1, 0.15) is 83.1 Å². The van der Waals surface area contributed by atoms with Crippen LogP contribution in [0.3, 0.4) is 0 Å². The first kappa shape index (κ1) is 32.5. The van der Waals surface area contributed by atoms with Crippen molar-refractivity contribution in [1.82, 2.24) is 0 Å². The third kappa shape index (κ3) is 5.05. The molecule has 5 rings (SSSR count). The molecule has 0 radical (unpaired) electrons. The van der Waals surface area contributed by atoms with Crippen LogP contribution < -0.4 is 10.4 Å². The van der Waals surface area contributed by atoms with Gasteiger partial charge in [0.05, 0.1) is 5.57 Å². The van der Waals surface area contributed by atoms with Crippen molar-refractivity contribution in [3.05, 3.63) is 126 Å². The summed E-state index contributed by atoms with van der Waals surface area (Å²) < 4.78 is 107. The molecule has 7 nitrogen and oxygen atoms in total. The van der Waals surface area contributed by atoms with E-state index in [9.17, 15) is 34.2 Å². The first-order valence-electron chi connectivity index (χ1n) is 13.2. The van der Waals surface area contributed by atoms with E-state index in [1.807, 2.05) is 0 Å². The summed E-state index contributed by atoms with van der Waals surface area (Å²) in [5.41, 5.74) is -4.73. The molecular formula is C34H11F7N6O. The molecule has 14 heteroatoms. The van der Waals surface area contributed by atoms with Crippen molar-refractivity contribution in [2.24, 2.45) is 0 Å². The van der Waals surface area contributed by atoms with Gasteiger partial charge in [0.2, 0.25) is 0 Å². The number of ether oxygens (including phenoxy) is 1. The fraction of sp³-hybridized carbons (Fsp3) is 0.118. The largest absolute Gasteiger partial charge is 0.573 e. The van der Waals surface area contributed by atoms with Gasteiger partial charge in [0.25, 0.3) is 0 Å². The highest BCUT2D eigenvalue weighted by Gasteiger charge is 2.40. The molecule has 2 aliphatic carbocycles. The van der Waals surface area contributed by atoms with E-state index < -0.39 is 87.1 Å². The molecule has 0 spiro atoms. The summed E-state index contributed by atoms with van der Waals surface area (Å²) in [7, 11) is 0. The van der Waals surface area contributed by atoms with E-state index in [0.29, 0.717) is 12.1 Å². The maximum atomic E-state index is 15.1. The summed E-state index contributed by atoms with van der Waals surface area (Å²) >= 11 is 0. The number of fused-ring (bicyclic) bond motifs is 2. The topological polar surface area (TPSA) is 113 Å². The standard InChI is InChI=1S/C34H11F7N6O/c1-14-18(33(46-2)47-3)8-20-28(14)29(15-4-24(35)22(12-44)25(36)5-15)21-9-19(17(10-42)11-43)32(48-34(39,40)41)31(21)30(20)16-6-26(37)23(13-45)27(38)7-16/h4-7H,8-9H2,1H3. The quantitative estimate of drug-likeness (QED) is 0.179. The fourth-order valence-electron chi connectivity index (χ4n) is 6.02. The van der Waals surface area contributed by atoms with Gasteiger partial charge in [-0.15, -0.1) is 13.2 Å². The van der Waals surface area contributed by atoms with Crippen molar-refractivity contribution in [3.63, 3.8) is 0 Å². The number of hydrogen-bond donors (Lipinski definition) is 0. The van der Waals surface area contributed by atoms with Crippen LogP contribution in [0, 0.1) is 81.7 Å². The number of benzene rings is 3. The third-order valence-electron chi connectivity index (χ3n) is 7.85. The summed E-state index contributed by atoms with van der Waals surface area (Å²) in [6.07, 6.45) is -6.55. The summed E-state index contributed by atoms with van der Waals surface area (Å²) in [6, 6.07) is 8.49. The maximum Gasteiger partial charge on any atom is 0.573 e. The zero-order valence-electron chi connectivity index (χ0n) is 24.0. The Morgan fingerprint density at radius 3 is 1.54 bits per heavy atom. The van der Waals surface area contributed by atoms with Crippen LogP contribution >= 0.6 is 0 Å². The first-order chi connectivity index (χ1) is 22.7. The Labute approximate surface area is 266 Å². The number of allylic oxidation sites excluding steroid dienone is 2. The van der Waals surface area contributed by atoms with Crippen LogP contribution in [0.2, 0.25) is 0 Å². The van der Waals surface area contributed by atoms with Crippen LogP contribution in [-0.2, 0) is 17.6 Å². The third-order valence-corrected chi connectivity index (χ3v) is 7.85. The van der Waals surface area contributed by atoms with Crippen LogP contribution in [0.1, 0.15) is 29.2 Å². The summed E-state index contributed by atoms with van der Waals surface area (Å²) in [6.45, 7) is 16.4. The monoisotopic (exact) mass is 652 g/mol. The molecule has 0 amide bonds. The molecule has 3 aromatic rings. The van der Waals surface area contributed by atoms with Gasteiger partial charge in [-0.2, -0.15) is 30.7 Å². The second-order valence-corrected chi connectivity index (χ2v) is 10.3. The Bertz CT molecular complexity index is 2410. The van der Waals surface area contributed by atoms with Crippen molar-refractivity contribution < 1.29 is 35.5 Å². The van der Waals surface area contributed by atoms with E-state index in [1.54, 1.807) is 0 Å². The molecular weight excluding hydrogens is 641 g/mol. The summed E-state index contributed by atoms with van der Waals surface area (Å²) in [5, 5.41) is 37.3. The lowest BCUT2D eigenvalue weighted by Crippen LogP contribution is -2.26. The van der Waals surface area contributed by atoms with E-state index in [4.69, 9.17) is 13.1 Å². The zero-order chi connectivity index (χ0) is 35.2. The van der Waals surface area contributed by atoms with Crippen LogP contribution in [-0.4, -0.2) is 6.36 Å². The minimum Gasteiger partial charge on any atom is -0.405 e. The normalized spacial score (nSPS) is 13.0. The Morgan fingerprint density at radius 2 is 1.15 bits per heavy atom. The molecule has 0 atom stereocenters. The van der Waals surface area contributed by atoms with Crippen LogP contribution in [0.5, 0.6) is 0 Å². The van der Waals surface area contributed by atoms with Crippen LogP contribution in [0.25, 0.3) is 43.3 Å². The lowest BCUT2D eigenvalue weighted by Gasteiger charge is -2.18. The molecule has 0 unspecified atom stereocenters. The molecule has 0 aromatic heterocycles. The average molecular weight is 652 g/mol. The average Bonchev–Trinajstić information content (AvgIpc) is 3.53. The van der Waals surface area contributed by atoms with Crippen LogP contribution in [0.4, 0.5) is 30.7 Å². The van der Waals surface area contributed by atoms with Crippen LogP contribution in [0.15, 0.2) is 46.8 Å². The molecule has 3 aromatic carbocycles.